The van der Waals surface area contributed by atoms with Crippen LogP contribution in [-0.2, 0) is 16.1 Å². The quantitative estimate of drug-likeness (QED) is 0.858. The first kappa shape index (κ1) is 16.6. The maximum atomic E-state index is 12.7. The molecule has 3 rings (SSSR count). The number of nitrogens with one attached hydrogen (secondary N) is 2. The lowest BCUT2D eigenvalue weighted by atomic mass is 10.2. The molecule has 0 unspecified atom stereocenters. The van der Waals surface area contributed by atoms with Gasteiger partial charge in [-0.1, -0.05) is 0 Å². The minimum absolute atomic E-state index is 0.0327. The first-order valence-electron chi connectivity index (χ1n) is 7.66. The molecule has 24 heavy (non-hydrogen) atoms. The second kappa shape index (κ2) is 7.10. The number of morpholine rings is 1. The van der Waals surface area contributed by atoms with Crippen molar-refractivity contribution in [2.75, 3.05) is 19.7 Å². The van der Waals surface area contributed by atoms with Gasteiger partial charge in [-0.25, -0.2) is 4.98 Å². The van der Waals surface area contributed by atoms with Crippen LogP contribution in [0.4, 0.5) is 0 Å². The molecule has 1 aliphatic heterocycles. The van der Waals surface area contributed by atoms with Crippen LogP contribution in [0.3, 0.4) is 0 Å². The lowest BCUT2D eigenvalue weighted by Gasteiger charge is -2.31. The number of ether oxygens (including phenoxy) is 1. The standard InChI is InChI=1S/C15H19N5O3S/c1-9-17-14(19-18-9)12-8-20(5-6-23-12)15(22)13-4-3-11(24-13)7-16-10(2)21/h3-4,12H,5-8H2,1-2H3,(H,16,21)(H,17,18,19)/t12-/m0/s1. The summed E-state index contributed by atoms with van der Waals surface area (Å²) in [6, 6.07) is 3.66. The van der Waals surface area contributed by atoms with Crippen molar-refractivity contribution in [3.63, 3.8) is 0 Å². The number of aromatic amines is 1. The highest BCUT2D eigenvalue weighted by Crippen LogP contribution is 2.23. The topological polar surface area (TPSA) is 100 Å². The maximum Gasteiger partial charge on any atom is 0.264 e. The first-order valence-corrected chi connectivity index (χ1v) is 8.47. The van der Waals surface area contributed by atoms with E-state index in [0.717, 1.165) is 10.7 Å². The maximum absolute atomic E-state index is 12.7. The zero-order chi connectivity index (χ0) is 17.1. The number of rotatable bonds is 4. The average Bonchev–Trinajstić information content (AvgIpc) is 3.21. The van der Waals surface area contributed by atoms with Crippen molar-refractivity contribution in [2.45, 2.75) is 26.5 Å². The molecule has 0 spiro atoms. The molecule has 8 nitrogen and oxygen atoms in total. The number of carbonyl (C=O) groups excluding carboxylic acids is 2. The Kier molecular flexibility index (Phi) is 4.91. The Bertz CT molecular complexity index is 741. The molecule has 1 saturated heterocycles. The summed E-state index contributed by atoms with van der Waals surface area (Å²) in [6.45, 7) is 5.15. The molecular formula is C15H19N5O3S. The van der Waals surface area contributed by atoms with Crippen LogP contribution < -0.4 is 5.32 Å². The molecule has 2 aromatic rings. The van der Waals surface area contributed by atoms with E-state index in [1.807, 2.05) is 13.0 Å². The molecule has 128 valence electrons. The van der Waals surface area contributed by atoms with Gasteiger partial charge in [-0.3, -0.25) is 14.7 Å². The first-order chi connectivity index (χ1) is 11.5. The Morgan fingerprint density at radius 2 is 2.33 bits per heavy atom. The Morgan fingerprint density at radius 3 is 3.04 bits per heavy atom. The van der Waals surface area contributed by atoms with Crippen LogP contribution >= 0.6 is 11.3 Å². The lowest BCUT2D eigenvalue weighted by molar-refractivity contribution is -0.119. The monoisotopic (exact) mass is 349 g/mol. The molecule has 2 amide bonds. The largest absolute Gasteiger partial charge is 0.366 e. The van der Waals surface area contributed by atoms with Crippen LogP contribution in [0, 0.1) is 6.92 Å². The van der Waals surface area contributed by atoms with Crippen molar-refractivity contribution >= 4 is 23.2 Å². The third-order valence-corrected chi connectivity index (χ3v) is 4.71. The molecule has 1 aliphatic rings. The van der Waals surface area contributed by atoms with Crippen molar-refractivity contribution in [3.8, 4) is 0 Å². The van der Waals surface area contributed by atoms with Crippen LogP contribution in [0.5, 0.6) is 0 Å². The molecule has 0 aliphatic carbocycles. The van der Waals surface area contributed by atoms with Crippen molar-refractivity contribution in [2.24, 2.45) is 0 Å². The fourth-order valence-corrected chi connectivity index (χ4v) is 3.36. The summed E-state index contributed by atoms with van der Waals surface area (Å²) in [5.74, 6) is 1.17. The van der Waals surface area contributed by atoms with E-state index >= 15 is 0 Å². The molecule has 1 atom stereocenters. The predicted molar refractivity (Wildman–Crippen MR) is 87.6 cm³/mol. The Morgan fingerprint density at radius 1 is 1.50 bits per heavy atom. The molecular weight excluding hydrogens is 330 g/mol. The molecule has 9 heteroatoms. The highest BCUT2D eigenvalue weighted by molar-refractivity contribution is 7.14. The van der Waals surface area contributed by atoms with Gasteiger partial charge in [0, 0.05) is 18.3 Å². The summed E-state index contributed by atoms with van der Waals surface area (Å²) in [5.41, 5.74) is 0. The number of amides is 2. The number of H-pyrrole nitrogens is 1. The summed E-state index contributed by atoms with van der Waals surface area (Å²) in [4.78, 5) is 31.3. The summed E-state index contributed by atoms with van der Waals surface area (Å²) >= 11 is 1.39. The van der Waals surface area contributed by atoms with Crippen LogP contribution in [0.15, 0.2) is 12.1 Å². The van der Waals surface area contributed by atoms with Gasteiger partial charge in [0.1, 0.15) is 11.9 Å². The molecule has 2 N–H and O–H groups in total. The van der Waals surface area contributed by atoms with Crippen LogP contribution in [0.25, 0.3) is 0 Å². The van der Waals surface area contributed by atoms with Gasteiger partial charge in [-0.05, 0) is 19.1 Å². The van der Waals surface area contributed by atoms with Gasteiger partial charge in [0.2, 0.25) is 5.91 Å². The number of carbonyl (C=O) groups is 2. The van der Waals surface area contributed by atoms with E-state index in [9.17, 15) is 9.59 Å². The Balaban J connectivity index is 1.65. The second-order valence-electron chi connectivity index (χ2n) is 5.57. The number of aryl methyl sites for hydroxylation is 1. The van der Waals surface area contributed by atoms with Crippen molar-refractivity contribution in [1.29, 1.82) is 0 Å². The summed E-state index contributed by atoms with van der Waals surface area (Å²) in [7, 11) is 0. The molecule has 0 aromatic carbocycles. The van der Waals surface area contributed by atoms with Crippen molar-refractivity contribution < 1.29 is 14.3 Å². The van der Waals surface area contributed by atoms with Crippen LogP contribution in [0.2, 0.25) is 0 Å². The smallest absolute Gasteiger partial charge is 0.264 e. The number of aromatic nitrogens is 3. The minimum atomic E-state index is -0.313. The van der Waals surface area contributed by atoms with Crippen molar-refractivity contribution in [1.82, 2.24) is 25.4 Å². The molecule has 2 aromatic heterocycles. The SMILES string of the molecule is CC(=O)NCc1ccc(C(=O)N2CCO[C@H](c3n[nH]c(C)n3)C2)s1. The average molecular weight is 349 g/mol. The van der Waals surface area contributed by atoms with E-state index in [1.54, 1.807) is 11.0 Å². The molecule has 1 fully saturated rings. The Labute approximate surface area is 143 Å². The number of thiophene rings is 1. The summed E-state index contributed by atoms with van der Waals surface area (Å²) < 4.78 is 5.68. The van der Waals surface area contributed by atoms with Gasteiger partial charge in [0.25, 0.3) is 5.91 Å². The van der Waals surface area contributed by atoms with Gasteiger partial charge >= 0.3 is 0 Å². The van der Waals surface area contributed by atoms with Gasteiger partial charge in [-0.15, -0.1) is 11.3 Å². The highest BCUT2D eigenvalue weighted by Gasteiger charge is 2.29. The predicted octanol–water partition coefficient (Wildman–Crippen LogP) is 1.02. The van der Waals surface area contributed by atoms with E-state index in [1.165, 1.54) is 18.3 Å². The second-order valence-corrected chi connectivity index (χ2v) is 6.73. The third-order valence-electron chi connectivity index (χ3n) is 3.64. The van der Waals surface area contributed by atoms with Crippen molar-refractivity contribution in [3.05, 3.63) is 33.5 Å². The fourth-order valence-electron chi connectivity index (χ4n) is 2.45. The van der Waals surface area contributed by atoms with Gasteiger partial charge in [0.05, 0.1) is 24.6 Å². The summed E-state index contributed by atoms with van der Waals surface area (Å²) in [6.07, 6.45) is -0.313. The van der Waals surface area contributed by atoms with Gasteiger partial charge in [0.15, 0.2) is 5.82 Å². The zero-order valence-corrected chi connectivity index (χ0v) is 14.4. The normalized spacial score (nSPS) is 17.8. The van der Waals surface area contributed by atoms with Gasteiger partial charge < -0.3 is 15.0 Å². The number of hydrogen-bond acceptors (Lipinski definition) is 6. The van der Waals surface area contributed by atoms with Gasteiger partial charge in [-0.2, -0.15) is 5.10 Å². The highest BCUT2D eigenvalue weighted by atomic mass is 32.1. The lowest BCUT2D eigenvalue weighted by Crippen LogP contribution is -2.42. The van der Waals surface area contributed by atoms with E-state index in [0.29, 0.717) is 36.9 Å². The molecule has 0 radical (unpaired) electrons. The molecule has 0 bridgehead atoms. The summed E-state index contributed by atoms with van der Waals surface area (Å²) in [5, 5.41) is 9.64. The Hall–Kier alpha value is -2.26. The van der Waals surface area contributed by atoms with E-state index in [4.69, 9.17) is 4.74 Å². The zero-order valence-electron chi connectivity index (χ0n) is 13.5. The van der Waals surface area contributed by atoms with E-state index in [-0.39, 0.29) is 17.9 Å². The van der Waals surface area contributed by atoms with Crippen LogP contribution in [-0.4, -0.2) is 51.6 Å². The number of nitrogens with zero attached hydrogens (tertiary/aromatic N) is 3. The number of hydrogen-bond donors (Lipinski definition) is 2. The van der Waals surface area contributed by atoms with E-state index < -0.39 is 0 Å². The fraction of sp³-hybridized carbons (Fsp3) is 0.467. The van der Waals surface area contributed by atoms with E-state index in [2.05, 4.69) is 20.5 Å². The van der Waals surface area contributed by atoms with Crippen LogP contribution in [0.1, 0.15) is 39.2 Å². The molecule has 0 saturated carbocycles. The third kappa shape index (κ3) is 3.80. The molecule has 3 heterocycles. The minimum Gasteiger partial charge on any atom is -0.366 e.